The van der Waals surface area contributed by atoms with Gasteiger partial charge in [-0.2, -0.15) is 17.4 Å². The van der Waals surface area contributed by atoms with Crippen LogP contribution in [0.4, 0.5) is 0 Å². The zero-order valence-corrected chi connectivity index (χ0v) is 11.5. The largest absolute Gasteiger partial charge is 0.389 e. The third kappa shape index (κ3) is 5.79. The summed E-state index contributed by atoms with van der Waals surface area (Å²) in [7, 11) is -1.91. The first kappa shape index (κ1) is 15.8. The average Bonchev–Trinajstić information content (AvgIpc) is 2.23. The standard InChI is InChI=1S/C10H24N2O3S/c1-5-7-8-12(4)16(14,15)11-9-10(3,13)6-2/h11,13H,5-9H2,1-4H3. The number of hydrogen-bond donors (Lipinski definition) is 2. The van der Waals surface area contributed by atoms with E-state index in [1.807, 2.05) is 13.8 Å². The minimum atomic E-state index is -3.45. The number of aliphatic hydroxyl groups is 1. The number of hydrogen-bond acceptors (Lipinski definition) is 3. The zero-order valence-electron chi connectivity index (χ0n) is 10.7. The van der Waals surface area contributed by atoms with E-state index in [-0.39, 0.29) is 6.54 Å². The van der Waals surface area contributed by atoms with Crippen molar-refractivity contribution in [2.45, 2.75) is 45.6 Å². The van der Waals surface area contributed by atoms with Gasteiger partial charge >= 0.3 is 0 Å². The van der Waals surface area contributed by atoms with E-state index < -0.39 is 15.8 Å². The Hall–Kier alpha value is -0.170. The van der Waals surface area contributed by atoms with Crippen molar-refractivity contribution in [3.8, 4) is 0 Å². The van der Waals surface area contributed by atoms with Crippen LogP contribution in [0.25, 0.3) is 0 Å². The van der Waals surface area contributed by atoms with Gasteiger partial charge in [0.25, 0.3) is 10.2 Å². The number of nitrogens with zero attached hydrogens (tertiary/aromatic N) is 1. The Morgan fingerprint density at radius 1 is 1.38 bits per heavy atom. The van der Waals surface area contributed by atoms with Gasteiger partial charge in [-0.05, 0) is 19.8 Å². The first-order valence-corrected chi connectivity index (χ1v) is 7.12. The highest BCUT2D eigenvalue weighted by Crippen LogP contribution is 2.07. The molecule has 0 spiro atoms. The SMILES string of the molecule is CCCCN(C)S(=O)(=O)NCC(C)(O)CC. The summed E-state index contributed by atoms with van der Waals surface area (Å²) in [6, 6.07) is 0. The molecular formula is C10H24N2O3S. The van der Waals surface area contributed by atoms with Crippen molar-refractivity contribution in [3.05, 3.63) is 0 Å². The molecule has 0 aromatic carbocycles. The van der Waals surface area contributed by atoms with Gasteiger partial charge in [-0.15, -0.1) is 0 Å². The molecule has 2 N–H and O–H groups in total. The topological polar surface area (TPSA) is 69.6 Å². The van der Waals surface area contributed by atoms with Crippen LogP contribution in [0.5, 0.6) is 0 Å². The quantitative estimate of drug-likeness (QED) is 0.668. The lowest BCUT2D eigenvalue weighted by Crippen LogP contribution is -2.45. The van der Waals surface area contributed by atoms with Gasteiger partial charge in [-0.25, -0.2) is 0 Å². The van der Waals surface area contributed by atoms with Gasteiger partial charge in [0.2, 0.25) is 0 Å². The second kappa shape index (κ2) is 6.54. The Kier molecular flexibility index (Phi) is 6.47. The number of nitrogens with one attached hydrogen (secondary N) is 1. The van der Waals surface area contributed by atoms with Gasteiger partial charge in [-0.1, -0.05) is 20.3 Å². The smallest absolute Gasteiger partial charge is 0.279 e. The van der Waals surface area contributed by atoms with E-state index in [4.69, 9.17) is 0 Å². The fourth-order valence-electron chi connectivity index (χ4n) is 0.983. The van der Waals surface area contributed by atoms with E-state index in [0.29, 0.717) is 13.0 Å². The average molecular weight is 252 g/mol. The Balaban J connectivity index is 4.24. The first-order chi connectivity index (χ1) is 7.25. The van der Waals surface area contributed by atoms with Crippen molar-refractivity contribution in [1.82, 2.24) is 9.03 Å². The third-order valence-electron chi connectivity index (χ3n) is 2.63. The second-order valence-corrected chi connectivity index (χ2v) is 6.21. The van der Waals surface area contributed by atoms with Gasteiger partial charge in [-0.3, -0.25) is 0 Å². The predicted molar refractivity (Wildman–Crippen MR) is 65.4 cm³/mol. The van der Waals surface area contributed by atoms with E-state index in [1.165, 1.54) is 4.31 Å². The van der Waals surface area contributed by atoms with Crippen LogP contribution in [-0.2, 0) is 10.2 Å². The maximum atomic E-state index is 11.7. The Labute approximate surface area is 99.0 Å². The molecule has 16 heavy (non-hydrogen) atoms. The molecule has 0 fully saturated rings. The van der Waals surface area contributed by atoms with Crippen LogP contribution in [0.1, 0.15) is 40.0 Å². The minimum Gasteiger partial charge on any atom is -0.389 e. The molecule has 0 saturated heterocycles. The van der Waals surface area contributed by atoms with Crippen LogP contribution < -0.4 is 4.72 Å². The summed E-state index contributed by atoms with van der Waals surface area (Å²) in [4.78, 5) is 0. The summed E-state index contributed by atoms with van der Waals surface area (Å²) in [6.45, 7) is 5.98. The molecule has 0 amide bonds. The number of unbranched alkanes of at least 4 members (excludes halogenated alkanes) is 1. The molecule has 0 aromatic heterocycles. The second-order valence-electron chi connectivity index (χ2n) is 4.35. The molecule has 0 radical (unpaired) electrons. The van der Waals surface area contributed by atoms with Crippen molar-refractivity contribution in [2.24, 2.45) is 0 Å². The highest BCUT2D eigenvalue weighted by molar-refractivity contribution is 7.87. The lowest BCUT2D eigenvalue weighted by atomic mass is 10.1. The summed E-state index contributed by atoms with van der Waals surface area (Å²) < 4.78 is 27.1. The summed E-state index contributed by atoms with van der Waals surface area (Å²) in [5.74, 6) is 0. The maximum Gasteiger partial charge on any atom is 0.279 e. The summed E-state index contributed by atoms with van der Waals surface area (Å²) in [6.07, 6.45) is 2.29. The number of rotatable bonds is 8. The van der Waals surface area contributed by atoms with Crippen LogP contribution in [0.15, 0.2) is 0 Å². The Morgan fingerprint density at radius 3 is 2.38 bits per heavy atom. The van der Waals surface area contributed by atoms with Gasteiger partial charge in [0, 0.05) is 20.1 Å². The maximum absolute atomic E-state index is 11.7. The fourth-order valence-corrected chi connectivity index (χ4v) is 2.07. The monoisotopic (exact) mass is 252 g/mol. The zero-order chi connectivity index (χ0) is 12.8. The molecule has 0 saturated carbocycles. The van der Waals surface area contributed by atoms with Gasteiger partial charge in [0.15, 0.2) is 0 Å². The van der Waals surface area contributed by atoms with Crippen molar-refractivity contribution < 1.29 is 13.5 Å². The van der Waals surface area contributed by atoms with Crippen molar-refractivity contribution in [1.29, 1.82) is 0 Å². The van der Waals surface area contributed by atoms with Gasteiger partial charge < -0.3 is 5.11 Å². The van der Waals surface area contributed by atoms with Crippen molar-refractivity contribution in [3.63, 3.8) is 0 Å². The summed E-state index contributed by atoms with van der Waals surface area (Å²) in [5, 5.41) is 9.70. The highest BCUT2D eigenvalue weighted by Gasteiger charge is 2.23. The molecule has 0 heterocycles. The first-order valence-electron chi connectivity index (χ1n) is 5.68. The van der Waals surface area contributed by atoms with E-state index in [9.17, 15) is 13.5 Å². The molecule has 0 rings (SSSR count). The summed E-state index contributed by atoms with van der Waals surface area (Å²) in [5.41, 5.74) is -0.987. The molecular weight excluding hydrogens is 228 g/mol. The minimum absolute atomic E-state index is 0.0439. The van der Waals surface area contributed by atoms with Crippen LogP contribution in [0, 0.1) is 0 Å². The fraction of sp³-hybridized carbons (Fsp3) is 1.00. The van der Waals surface area contributed by atoms with E-state index >= 15 is 0 Å². The summed E-state index contributed by atoms with van der Waals surface area (Å²) >= 11 is 0. The molecule has 0 aromatic rings. The predicted octanol–water partition coefficient (Wildman–Crippen LogP) is 0.714. The molecule has 0 bridgehead atoms. The van der Waals surface area contributed by atoms with E-state index in [1.54, 1.807) is 14.0 Å². The highest BCUT2D eigenvalue weighted by atomic mass is 32.2. The molecule has 1 atom stereocenters. The van der Waals surface area contributed by atoms with E-state index in [0.717, 1.165) is 12.8 Å². The Bertz CT molecular complexity index is 288. The molecule has 0 aliphatic heterocycles. The lowest BCUT2D eigenvalue weighted by molar-refractivity contribution is 0.0610. The van der Waals surface area contributed by atoms with Crippen LogP contribution in [0.2, 0.25) is 0 Å². The van der Waals surface area contributed by atoms with Gasteiger partial charge in [0.05, 0.1) is 5.60 Å². The molecule has 0 aliphatic rings. The third-order valence-corrected chi connectivity index (χ3v) is 4.15. The van der Waals surface area contributed by atoms with Crippen LogP contribution in [0.3, 0.4) is 0 Å². The van der Waals surface area contributed by atoms with E-state index in [2.05, 4.69) is 4.72 Å². The van der Waals surface area contributed by atoms with Crippen LogP contribution in [-0.4, -0.2) is 43.6 Å². The Morgan fingerprint density at radius 2 is 1.94 bits per heavy atom. The van der Waals surface area contributed by atoms with Crippen LogP contribution >= 0.6 is 0 Å². The van der Waals surface area contributed by atoms with Crippen molar-refractivity contribution >= 4 is 10.2 Å². The van der Waals surface area contributed by atoms with Gasteiger partial charge in [0.1, 0.15) is 0 Å². The molecule has 5 nitrogen and oxygen atoms in total. The molecule has 6 heteroatoms. The molecule has 1 unspecified atom stereocenters. The molecule has 0 aliphatic carbocycles. The lowest BCUT2D eigenvalue weighted by Gasteiger charge is -2.24. The normalized spacial score (nSPS) is 16.4. The molecule has 98 valence electrons. The van der Waals surface area contributed by atoms with Crippen molar-refractivity contribution in [2.75, 3.05) is 20.1 Å².